The molecule has 1 rings (SSSR count). The van der Waals surface area contributed by atoms with E-state index in [0.29, 0.717) is 6.42 Å². The second-order valence-electron chi connectivity index (χ2n) is 4.55. The second kappa shape index (κ2) is 7.45. The van der Waals surface area contributed by atoms with Crippen LogP contribution in [-0.4, -0.2) is 17.9 Å². The number of unbranched alkanes of at least 4 members (excludes halogenated alkanes) is 1. The number of rotatable bonds is 6. The Kier molecular flexibility index (Phi) is 5.92. The Hall–Kier alpha value is -2.56. The SMILES string of the molecule is N#CCCC[C@H](NC(=O)c1ccc(C(F)(F)F)cc1)C(N)=O. The average molecular weight is 313 g/mol. The predicted octanol–water partition coefficient (Wildman–Crippen LogP) is 1.98. The van der Waals surface area contributed by atoms with Crippen LogP contribution in [0.25, 0.3) is 0 Å². The Labute approximate surface area is 124 Å². The fraction of sp³-hybridized carbons (Fsp3) is 0.357. The van der Waals surface area contributed by atoms with E-state index in [0.717, 1.165) is 24.3 Å². The predicted molar refractivity (Wildman–Crippen MR) is 71.4 cm³/mol. The van der Waals surface area contributed by atoms with Gasteiger partial charge in [-0.2, -0.15) is 18.4 Å². The van der Waals surface area contributed by atoms with Gasteiger partial charge >= 0.3 is 6.18 Å². The summed E-state index contributed by atoms with van der Waals surface area (Å²) in [6, 6.07) is 4.53. The van der Waals surface area contributed by atoms with Gasteiger partial charge in [0.05, 0.1) is 11.6 Å². The highest BCUT2D eigenvalue weighted by atomic mass is 19.4. The number of hydrogen-bond acceptors (Lipinski definition) is 3. The number of hydrogen-bond donors (Lipinski definition) is 2. The molecule has 3 N–H and O–H groups in total. The third kappa shape index (κ3) is 5.09. The first-order valence-corrected chi connectivity index (χ1v) is 6.40. The Morgan fingerprint density at radius 2 is 1.86 bits per heavy atom. The van der Waals surface area contributed by atoms with E-state index in [-0.39, 0.29) is 18.4 Å². The summed E-state index contributed by atoms with van der Waals surface area (Å²) in [6.45, 7) is 0. The highest BCUT2D eigenvalue weighted by Crippen LogP contribution is 2.29. The van der Waals surface area contributed by atoms with Gasteiger partial charge in [-0.15, -0.1) is 0 Å². The van der Waals surface area contributed by atoms with E-state index in [1.165, 1.54) is 0 Å². The van der Waals surface area contributed by atoms with Gasteiger partial charge in [0.2, 0.25) is 5.91 Å². The van der Waals surface area contributed by atoms with Crippen LogP contribution in [0, 0.1) is 11.3 Å². The summed E-state index contributed by atoms with van der Waals surface area (Å²) in [5.41, 5.74) is 4.26. The van der Waals surface area contributed by atoms with Gasteiger partial charge in [-0.3, -0.25) is 9.59 Å². The number of nitrogens with one attached hydrogen (secondary N) is 1. The number of carbonyl (C=O) groups excluding carboxylic acids is 2. The van der Waals surface area contributed by atoms with Crippen molar-refractivity contribution >= 4 is 11.8 Å². The molecule has 8 heteroatoms. The van der Waals surface area contributed by atoms with Crippen LogP contribution in [-0.2, 0) is 11.0 Å². The van der Waals surface area contributed by atoms with Gasteiger partial charge in [0.25, 0.3) is 5.91 Å². The van der Waals surface area contributed by atoms with Gasteiger partial charge in [-0.25, -0.2) is 0 Å². The van der Waals surface area contributed by atoms with Crippen molar-refractivity contribution in [3.8, 4) is 6.07 Å². The lowest BCUT2D eigenvalue weighted by atomic mass is 10.1. The molecular weight excluding hydrogens is 299 g/mol. The van der Waals surface area contributed by atoms with Crippen LogP contribution >= 0.6 is 0 Å². The van der Waals surface area contributed by atoms with E-state index in [1.54, 1.807) is 0 Å². The molecule has 0 aliphatic rings. The van der Waals surface area contributed by atoms with Gasteiger partial charge in [-0.05, 0) is 37.1 Å². The summed E-state index contributed by atoms with van der Waals surface area (Å²) in [6.07, 6.45) is -3.71. The molecule has 0 bridgehead atoms. The maximum atomic E-state index is 12.4. The Morgan fingerprint density at radius 1 is 1.27 bits per heavy atom. The number of nitriles is 1. The van der Waals surface area contributed by atoms with Crippen LogP contribution in [0.15, 0.2) is 24.3 Å². The quantitative estimate of drug-likeness (QED) is 0.786. The molecule has 0 aliphatic heterocycles. The second-order valence-corrected chi connectivity index (χ2v) is 4.55. The molecule has 1 aromatic carbocycles. The molecule has 1 aromatic rings. The summed E-state index contributed by atoms with van der Waals surface area (Å²) in [4.78, 5) is 23.1. The normalized spacial score (nSPS) is 12.3. The van der Waals surface area contributed by atoms with Crippen molar-refractivity contribution < 1.29 is 22.8 Å². The molecule has 0 aromatic heterocycles. The standard InChI is InChI=1S/C14H14F3N3O2/c15-14(16,17)10-6-4-9(5-7-10)13(22)20-11(12(19)21)3-1-2-8-18/h4-7,11H,1-3H2,(H2,19,21)(H,20,22)/t11-/m0/s1. The molecule has 0 spiro atoms. The molecule has 0 saturated heterocycles. The fourth-order valence-electron chi connectivity index (χ4n) is 1.72. The Bertz CT molecular complexity index is 576. The molecule has 0 saturated carbocycles. The summed E-state index contributed by atoms with van der Waals surface area (Å²) >= 11 is 0. The van der Waals surface area contributed by atoms with Crippen LogP contribution in [0.4, 0.5) is 13.2 Å². The lowest BCUT2D eigenvalue weighted by molar-refractivity contribution is -0.137. The van der Waals surface area contributed by atoms with Crippen LogP contribution in [0.5, 0.6) is 0 Å². The van der Waals surface area contributed by atoms with E-state index in [2.05, 4.69) is 5.32 Å². The maximum Gasteiger partial charge on any atom is 0.416 e. The smallest absolute Gasteiger partial charge is 0.368 e. The van der Waals surface area contributed by atoms with Crippen LogP contribution < -0.4 is 11.1 Å². The molecule has 1 atom stereocenters. The minimum Gasteiger partial charge on any atom is -0.368 e. The maximum absolute atomic E-state index is 12.4. The minimum absolute atomic E-state index is 0.0143. The molecule has 0 heterocycles. The number of benzene rings is 1. The Balaban J connectivity index is 2.74. The Morgan fingerprint density at radius 3 is 2.32 bits per heavy atom. The first-order chi connectivity index (χ1) is 10.3. The lowest BCUT2D eigenvalue weighted by Crippen LogP contribution is -2.44. The van der Waals surface area contributed by atoms with Crippen molar-refractivity contribution in [1.82, 2.24) is 5.32 Å². The van der Waals surface area contributed by atoms with Crippen molar-refractivity contribution in [2.75, 3.05) is 0 Å². The molecule has 2 amide bonds. The van der Waals surface area contributed by atoms with Crippen molar-refractivity contribution in [2.24, 2.45) is 5.73 Å². The molecule has 0 fully saturated rings. The molecule has 0 unspecified atom stereocenters. The van der Waals surface area contributed by atoms with Gasteiger partial charge in [-0.1, -0.05) is 0 Å². The molecule has 0 radical (unpaired) electrons. The summed E-state index contributed by atoms with van der Waals surface area (Å²) in [5, 5.41) is 10.8. The van der Waals surface area contributed by atoms with Crippen LogP contribution in [0.3, 0.4) is 0 Å². The zero-order chi connectivity index (χ0) is 16.8. The largest absolute Gasteiger partial charge is 0.416 e. The molecular formula is C14H14F3N3O2. The topological polar surface area (TPSA) is 96.0 Å². The zero-order valence-corrected chi connectivity index (χ0v) is 11.5. The highest BCUT2D eigenvalue weighted by Gasteiger charge is 2.30. The van der Waals surface area contributed by atoms with E-state index in [4.69, 9.17) is 11.0 Å². The van der Waals surface area contributed by atoms with E-state index < -0.39 is 29.6 Å². The molecule has 22 heavy (non-hydrogen) atoms. The van der Waals surface area contributed by atoms with Crippen molar-refractivity contribution in [1.29, 1.82) is 5.26 Å². The number of nitrogens with zero attached hydrogens (tertiary/aromatic N) is 1. The van der Waals surface area contributed by atoms with Crippen LogP contribution in [0.1, 0.15) is 35.2 Å². The number of primary amides is 1. The summed E-state index contributed by atoms with van der Waals surface area (Å²) < 4.78 is 37.3. The van der Waals surface area contributed by atoms with E-state index in [1.807, 2.05) is 6.07 Å². The van der Waals surface area contributed by atoms with Gasteiger partial charge in [0.1, 0.15) is 6.04 Å². The third-order valence-electron chi connectivity index (χ3n) is 2.90. The fourth-order valence-corrected chi connectivity index (χ4v) is 1.72. The van der Waals surface area contributed by atoms with Gasteiger partial charge in [0, 0.05) is 12.0 Å². The van der Waals surface area contributed by atoms with E-state index >= 15 is 0 Å². The number of nitrogens with two attached hydrogens (primary N) is 1. The van der Waals surface area contributed by atoms with Crippen molar-refractivity contribution in [2.45, 2.75) is 31.5 Å². The molecule has 118 valence electrons. The monoisotopic (exact) mass is 313 g/mol. The highest BCUT2D eigenvalue weighted by molar-refractivity contribution is 5.97. The minimum atomic E-state index is -4.48. The molecule has 0 aliphatic carbocycles. The lowest BCUT2D eigenvalue weighted by Gasteiger charge is -2.15. The number of carbonyl (C=O) groups is 2. The van der Waals surface area contributed by atoms with Gasteiger partial charge < -0.3 is 11.1 Å². The number of amides is 2. The zero-order valence-electron chi connectivity index (χ0n) is 11.5. The first kappa shape index (κ1) is 17.5. The van der Waals surface area contributed by atoms with Crippen molar-refractivity contribution in [3.05, 3.63) is 35.4 Å². The molecule has 5 nitrogen and oxygen atoms in total. The average Bonchev–Trinajstić information content (AvgIpc) is 2.45. The summed E-state index contributed by atoms with van der Waals surface area (Å²) in [7, 11) is 0. The number of halogens is 3. The van der Waals surface area contributed by atoms with Crippen LogP contribution in [0.2, 0.25) is 0 Å². The third-order valence-corrected chi connectivity index (χ3v) is 2.90. The number of alkyl halides is 3. The van der Waals surface area contributed by atoms with E-state index in [9.17, 15) is 22.8 Å². The summed E-state index contributed by atoms with van der Waals surface area (Å²) in [5.74, 6) is -1.47. The van der Waals surface area contributed by atoms with Gasteiger partial charge in [0.15, 0.2) is 0 Å². The van der Waals surface area contributed by atoms with Crippen molar-refractivity contribution in [3.63, 3.8) is 0 Å². The first-order valence-electron chi connectivity index (χ1n) is 6.40.